The monoisotopic (exact) mass is 280 g/mol. The van der Waals surface area contributed by atoms with Crippen molar-refractivity contribution in [1.82, 2.24) is 0 Å². The van der Waals surface area contributed by atoms with Crippen LogP contribution in [0.2, 0.25) is 0 Å². The number of methoxy groups -OCH3 is 1. The molecule has 3 heteroatoms. The minimum Gasteiger partial charge on any atom is -0.494 e. The molecule has 0 unspecified atom stereocenters. The molecule has 0 saturated heterocycles. The van der Waals surface area contributed by atoms with E-state index in [4.69, 9.17) is 0 Å². The SMILES string of the molecule is C=C.C=C(/C=C\C(=C)C(=C)/C(F)=C(/F)C(=C)OC)CC. The van der Waals surface area contributed by atoms with Gasteiger partial charge in [-0.25, -0.2) is 4.39 Å². The van der Waals surface area contributed by atoms with Crippen molar-refractivity contribution in [3.05, 3.63) is 85.8 Å². The van der Waals surface area contributed by atoms with E-state index in [0.717, 1.165) is 12.0 Å². The number of rotatable bonds is 7. The smallest absolute Gasteiger partial charge is 0.200 e. The van der Waals surface area contributed by atoms with Crippen LogP contribution in [-0.2, 0) is 4.74 Å². The maximum atomic E-state index is 13.6. The molecule has 0 fully saturated rings. The van der Waals surface area contributed by atoms with Gasteiger partial charge < -0.3 is 4.74 Å². The van der Waals surface area contributed by atoms with E-state index in [9.17, 15) is 8.78 Å². The zero-order chi connectivity index (χ0) is 16.3. The molecule has 0 aliphatic heterocycles. The predicted octanol–water partition coefficient (Wildman–Crippen LogP) is 5.73. The van der Waals surface area contributed by atoms with Crippen LogP contribution in [0.1, 0.15) is 13.3 Å². The first kappa shape index (κ1) is 20.2. The van der Waals surface area contributed by atoms with Crippen LogP contribution >= 0.6 is 0 Å². The second-order valence-electron chi connectivity index (χ2n) is 3.60. The van der Waals surface area contributed by atoms with Crippen molar-refractivity contribution >= 4 is 0 Å². The van der Waals surface area contributed by atoms with Gasteiger partial charge in [-0.1, -0.05) is 51.0 Å². The maximum Gasteiger partial charge on any atom is 0.200 e. The van der Waals surface area contributed by atoms with Crippen molar-refractivity contribution in [2.75, 3.05) is 7.11 Å². The zero-order valence-corrected chi connectivity index (χ0v) is 12.3. The molecule has 0 bridgehead atoms. The molecule has 0 aliphatic rings. The van der Waals surface area contributed by atoms with Gasteiger partial charge in [-0.3, -0.25) is 0 Å². The lowest BCUT2D eigenvalue weighted by molar-refractivity contribution is 0.281. The topological polar surface area (TPSA) is 9.23 Å². The molecular formula is C17H22F2O. The Balaban J connectivity index is 0. The second-order valence-corrected chi connectivity index (χ2v) is 3.60. The van der Waals surface area contributed by atoms with E-state index in [1.165, 1.54) is 13.2 Å². The molecule has 0 amide bonds. The lowest BCUT2D eigenvalue weighted by Gasteiger charge is -2.06. The third-order valence-corrected chi connectivity index (χ3v) is 2.31. The van der Waals surface area contributed by atoms with Crippen molar-refractivity contribution in [3.8, 4) is 0 Å². The molecule has 20 heavy (non-hydrogen) atoms. The molecule has 1 nitrogen and oxygen atoms in total. The highest BCUT2D eigenvalue weighted by Crippen LogP contribution is 2.26. The van der Waals surface area contributed by atoms with Crippen LogP contribution in [0.15, 0.2) is 85.8 Å². The number of allylic oxidation sites excluding steroid dienone is 7. The van der Waals surface area contributed by atoms with Gasteiger partial charge in [-0.2, -0.15) is 4.39 Å². The normalized spacial score (nSPS) is 11.0. The van der Waals surface area contributed by atoms with Gasteiger partial charge >= 0.3 is 0 Å². The number of halogens is 2. The van der Waals surface area contributed by atoms with Crippen molar-refractivity contribution in [3.63, 3.8) is 0 Å². The first-order valence-corrected chi connectivity index (χ1v) is 5.88. The summed E-state index contributed by atoms with van der Waals surface area (Å²) in [5.74, 6) is -2.69. The van der Waals surface area contributed by atoms with Crippen LogP contribution < -0.4 is 0 Å². The van der Waals surface area contributed by atoms with E-state index in [1.807, 2.05) is 6.92 Å². The molecule has 0 radical (unpaired) electrons. The molecule has 0 heterocycles. The lowest BCUT2D eigenvalue weighted by atomic mass is 10.1. The molecule has 0 saturated carbocycles. The summed E-state index contributed by atoms with van der Waals surface area (Å²) in [5.41, 5.74) is 0.974. The average molecular weight is 280 g/mol. The first-order chi connectivity index (χ1) is 9.34. The maximum absolute atomic E-state index is 13.6. The molecule has 0 atom stereocenters. The summed E-state index contributed by atoms with van der Waals surface area (Å²) in [7, 11) is 1.21. The van der Waals surface area contributed by atoms with Gasteiger partial charge in [0.15, 0.2) is 5.83 Å². The zero-order valence-electron chi connectivity index (χ0n) is 12.3. The van der Waals surface area contributed by atoms with E-state index in [2.05, 4.69) is 44.2 Å². The summed E-state index contributed by atoms with van der Waals surface area (Å²) in [4.78, 5) is 0. The van der Waals surface area contributed by atoms with Crippen molar-refractivity contribution < 1.29 is 13.5 Å². The second kappa shape index (κ2) is 10.7. The molecule has 0 aromatic carbocycles. The van der Waals surface area contributed by atoms with Gasteiger partial charge in [0.2, 0.25) is 5.83 Å². The van der Waals surface area contributed by atoms with E-state index in [0.29, 0.717) is 0 Å². The van der Waals surface area contributed by atoms with Crippen LogP contribution in [0.25, 0.3) is 0 Å². The van der Waals surface area contributed by atoms with Crippen LogP contribution in [-0.4, -0.2) is 7.11 Å². The van der Waals surface area contributed by atoms with E-state index < -0.39 is 11.7 Å². The van der Waals surface area contributed by atoms with Gasteiger partial charge in [-0.15, -0.1) is 13.2 Å². The van der Waals surface area contributed by atoms with Crippen LogP contribution in [0.4, 0.5) is 8.78 Å². The largest absolute Gasteiger partial charge is 0.494 e. The quantitative estimate of drug-likeness (QED) is 0.328. The fraction of sp³-hybridized carbons (Fsp3) is 0.176. The minimum absolute atomic E-state index is 0.147. The van der Waals surface area contributed by atoms with Gasteiger partial charge in [0.05, 0.1) is 7.11 Å². The number of ether oxygens (including phenoxy) is 1. The Morgan fingerprint density at radius 1 is 1.00 bits per heavy atom. The fourth-order valence-electron chi connectivity index (χ4n) is 0.922. The van der Waals surface area contributed by atoms with E-state index >= 15 is 0 Å². The minimum atomic E-state index is -1.17. The Labute approximate surface area is 120 Å². The average Bonchev–Trinajstić information content (AvgIpc) is 2.50. The van der Waals surface area contributed by atoms with Gasteiger partial charge in [0, 0.05) is 5.57 Å². The molecule has 0 N–H and O–H groups in total. The van der Waals surface area contributed by atoms with Crippen LogP contribution in [0.5, 0.6) is 0 Å². The molecule has 0 spiro atoms. The lowest BCUT2D eigenvalue weighted by Crippen LogP contribution is -1.93. The Morgan fingerprint density at radius 3 is 1.90 bits per heavy atom. The highest BCUT2D eigenvalue weighted by molar-refractivity contribution is 5.49. The predicted molar refractivity (Wildman–Crippen MR) is 83.5 cm³/mol. The summed E-state index contributed by atoms with van der Waals surface area (Å²) in [6.45, 7) is 22.0. The van der Waals surface area contributed by atoms with E-state index in [-0.39, 0.29) is 16.9 Å². The number of hydrogen-bond acceptors (Lipinski definition) is 1. The Morgan fingerprint density at radius 2 is 1.50 bits per heavy atom. The number of hydrogen-bond donors (Lipinski definition) is 0. The van der Waals surface area contributed by atoms with Crippen molar-refractivity contribution in [2.24, 2.45) is 0 Å². The van der Waals surface area contributed by atoms with Crippen LogP contribution in [0.3, 0.4) is 0 Å². The summed E-state index contributed by atoms with van der Waals surface area (Å²) in [5, 5.41) is 0. The molecule has 110 valence electrons. The van der Waals surface area contributed by atoms with Crippen molar-refractivity contribution in [2.45, 2.75) is 13.3 Å². The van der Waals surface area contributed by atoms with Gasteiger partial charge in [0.1, 0.15) is 5.76 Å². The first-order valence-electron chi connectivity index (χ1n) is 5.88. The van der Waals surface area contributed by atoms with Crippen molar-refractivity contribution in [1.29, 1.82) is 0 Å². The standard InChI is InChI=1S/C15H18F2O.C2H4/c1-7-10(2)8-9-11(3)12(4)14(16)15(17)13(5)18-6;1-2/h8-9H,2-5,7H2,1,6H3;1-2H2/b9-8-,15-14-;. The molecule has 0 aromatic heterocycles. The Kier molecular flexibility index (Phi) is 10.8. The van der Waals surface area contributed by atoms with Gasteiger partial charge in [-0.05, 0) is 12.0 Å². The summed E-state index contributed by atoms with van der Waals surface area (Å²) < 4.78 is 31.5. The molecule has 0 rings (SSSR count). The summed E-state index contributed by atoms with van der Waals surface area (Å²) in [6, 6.07) is 0. The highest BCUT2D eigenvalue weighted by Gasteiger charge is 2.14. The highest BCUT2D eigenvalue weighted by atomic mass is 19.2. The third-order valence-electron chi connectivity index (χ3n) is 2.31. The fourth-order valence-corrected chi connectivity index (χ4v) is 0.922. The van der Waals surface area contributed by atoms with E-state index in [1.54, 1.807) is 6.08 Å². The third kappa shape index (κ3) is 6.69. The summed E-state index contributed by atoms with van der Waals surface area (Å²) in [6.07, 6.45) is 3.99. The summed E-state index contributed by atoms with van der Waals surface area (Å²) >= 11 is 0. The van der Waals surface area contributed by atoms with Gasteiger partial charge in [0.25, 0.3) is 0 Å². The molecule has 0 aromatic rings. The Bertz CT molecular complexity index is 454. The van der Waals surface area contributed by atoms with Crippen LogP contribution in [0, 0.1) is 0 Å². The molecular weight excluding hydrogens is 258 g/mol. The molecule has 0 aliphatic carbocycles. The Hall–Kier alpha value is -2.16.